The zero-order valence-corrected chi connectivity index (χ0v) is 12.5. The second-order valence-corrected chi connectivity index (χ2v) is 6.69. The second kappa shape index (κ2) is 5.48. The highest BCUT2D eigenvalue weighted by Gasteiger charge is 2.50. The zero-order valence-electron chi connectivity index (χ0n) is 12.5. The summed E-state index contributed by atoms with van der Waals surface area (Å²) in [5.74, 6) is -0.380. The number of carbonyl (C=O) groups excluding carboxylic acids is 1. The molecule has 118 valence electrons. The van der Waals surface area contributed by atoms with Crippen molar-refractivity contribution in [2.45, 2.75) is 50.2 Å². The number of hydrogen-bond acceptors (Lipinski definition) is 3. The quantitative estimate of drug-likeness (QED) is 0.823. The molecule has 2 saturated carbocycles. The molecule has 0 aromatic rings. The van der Waals surface area contributed by atoms with Crippen LogP contribution in [-0.2, 0) is 9.53 Å². The first-order chi connectivity index (χ1) is 10.1. The maximum Gasteiger partial charge on any atom is 0.326 e. The SMILES string of the molecule is COC1(CNC(=O)N2CC3CCCC3C2C(=O)O)CCC1. The lowest BCUT2D eigenvalue weighted by molar-refractivity contribution is -0.142. The average Bonchev–Trinajstić information content (AvgIpc) is 2.96. The predicted octanol–water partition coefficient (Wildman–Crippen LogP) is 1.45. The van der Waals surface area contributed by atoms with E-state index in [4.69, 9.17) is 4.74 Å². The van der Waals surface area contributed by atoms with Crippen molar-refractivity contribution in [3.63, 3.8) is 0 Å². The van der Waals surface area contributed by atoms with Crippen molar-refractivity contribution in [3.8, 4) is 0 Å². The number of carboxylic acid groups (broad SMARTS) is 1. The van der Waals surface area contributed by atoms with Gasteiger partial charge in [0.05, 0.1) is 5.60 Å². The molecule has 1 heterocycles. The molecule has 0 bridgehead atoms. The van der Waals surface area contributed by atoms with E-state index in [2.05, 4.69) is 5.32 Å². The molecule has 2 aliphatic carbocycles. The van der Waals surface area contributed by atoms with Crippen molar-refractivity contribution >= 4 is 12.0 Å². The molecule has 21 heavy (non-hydrogen) atoms. The highest BCUT2D eigenvalue weighted by molar-refractivity contribution is 5.83. The largest absolute Gasteiger partial charge is 0.480 e. The first kappa shape index (κ1) is 14.6. The molecule has 6 nitrogen and oxygen atoms in total. The standard InChI is InChI=1S/C15H24N2O4/c1-21-15(6-3-7-15)9-16-14(20)17-8-10-4-2-5-11(10)12(17)13(18)19/h10-12H,2-9H2,1H3,(H,16,20)(H,18,19). The number of nitrogens with zero attached hydrogens (tertiary/aromatic N) is 1. The number of nitrogens with one attached hydrogen (secondary N) is 1. The lowest BCUT2D eigenvalue weighted by atomic mass is 9.80. The molecule has 3 unspecified atom stereocenters. The molecule has 0 aromatic heterocycles. The van der Waals surface area contributed by atoms with Crippen LogP contribution in [-0.4, -0.2) is 53.8 Å². The van der Waals surface area contributed by atoms with Crippen molar-refractivity contribution < 1.29 is 19.4 Å². The van der Waals surface area contributed by atoms with Crippen LogP contribution in [0.2, 0.25) is 0 Å². The number of aliphatic carboxylic acids is 1. The van der Waals surface area contributed by atoms with Crippen LogP contribution < -0.4 is 5.32 Å². The Morgan fingerprint density at radius 1 is 1.33 bits per heavy atom. The smallest absolute Gasteiger partial charge is 0.326 e. The van der Waals surface area contributed by atoms with Gasteiger partial charge in [0.1, 0.15) is 6.04 Å². The van der Waals surface area contributed by atoms with Crippen molar-refractivity contribution in [2.75, 3.05) is 20.2 Å². The fraction of sp³-hybridized carbons (Fsp3) is 0.867. The third-order valence-electron chi connectivity index (χ3n) is 5.66. The Balaban J connectivity index is 1.62. The molecule has 0 aromatic carbocycles. The van der Waals surface area contributed by atoms with Crippen molar-refractivity contribution in [3.05, 3.63) is 0 Å². The molecule has 1 aliphatic heterocycles. The molecule has 2 amide bonds. The van der Waals surface area contributed by atoms with E-state index in [1.165, 1.54) is 4.90 Å². The lowest BCUT2D eigenvalue weighted by Gasteiger charge is -2.41. The number of carboxylic acids is 1. The van der Waals surface area contributed by atoms with Crippen LogP contribution in [0.1, 0.15) is 38.5 Å². The fourth-order valence-electron chi connectivity index (χ4n) is 4.19. The maximum absolute atomic E-state index is 12.4. The highest BCUT2D eigenvalue weighted by atomic mass is 16.5. The van der Waals surface area contributed by atoms with Crippen LogP contribution in [0.5, 0.6) is 0 Å². The van der Waals surface area contributed by atoms with E-state index in [0.717, 1.165) is 38.5 Å². The van der Waals surface area contributed by atoms with Gasteiger partial charge in [-0.25, -0.2) is 9.59 Å². The number of rotatable bonds is 4. The number of methoxy groups -OCH3 is 1. The molecular weight excluding hydrogens is 272 g/mol. The summed E-state index contributed by atoms with van der Waals surface area (Å²) in [6, 6.07) is -0.905. The molecule has 3 aliphatic rings. The molecule has 3 rings (SSSR count). The third kappa shape index (κ3) is 2.50. The van der Waals surface area contributed by atoms with Crippen LogP contribution in [0, 0.1) is 11.8 Å². The minimum Gasteiger partial charge on any atom is -0.480 e. The summed E-state index contributed by atoms with van der Waals surface area (Å²) in [5, 5.41) is 12.4. The van der Waals surface area contributed by atoms with Gasteiger partial charge in [0.2, 0.25) is 0 Å². The summed E-state index contributed by atoms with van der Waals surface area (Å²) in [4.78, 5) is 25.5. The molecule has 3 fully saturated rings. The minimum atomic E-state index is -0.871. The first-order valence-corrected chi connectivity index (χ1v) is 7.89. The van der Waals surface area contributed by atoms with Gasteiger partial charge in [0.25, 0.3) is 0 Å². The Bertz CT molecular complexity index is 430. The molecule has 0 radical (unpaired) electrons. The van der Waals surface area contributed by atoms with E-state index in [1.54, 1.807) is 7.11 Å². The van der Waals surface area contributed by atoms with Gasteiger partial charge in [-0.3, -0.25) is 0 Å². The number of carbonyl (C=O) groups is 2. The van der Waals surface area contributed by atoms with Crippen molar-refractivity contribution in [1.29, 1.82) is 0 Å². The van der Waals surface area contributed by atoms with Crippen LogP contribution in [0.3, 0.4) is 0 Å². The molecule has 1 saturated heterocycles. The average molecular weight is 296 g/mol. The van der Waals surface area contributed by atoms with Crippen molar-refractivity contribution in [1.82, 2.24) is 10.2 Å². The van der Waals surface area contributed by atoms with Crippen LogP contribution in [0.4, 0.5) is 4.79 Å². The van der Waals surface area contributed by atoms with Crippen LogP contribution in [0.25, 0.3) is 0 Å². The highest BCUT2D eigenvalue weighted by Crippen LogP contribution is 2.42. The van der Waals surface area contributed by atoms with Crippen LogP contribution in [0.15, 0.2) is 0 Å². The normalized spacial score (nSPS) is 33.4. The number of ether oxygens (including phenoxy) is 1. The molecule has 2 N–H and O–H groups in total. The minimum absolute atomic E-state index is 0.133. The van der Waals surface area contributed by atoms with Gasteiger partial charge >= 0.3 is 12.0 Å². The first-order valence-electron chi connectivity index (χ1n) is 7.89. The number of urea groups is 1. The van der Waals surface area contributed by atoms with Gasteiger partial charge in [0.15, 0.2) is 0 Å². The predicted molar refractivity (Wildman–Crippen MR) is 76.0 cm³/mol. The number of hydrogen-bond donors (Lipinski definition) is 2. The number of amides is 2. The fourth-order valence-corrected chi connectivity index (χ4v) is 4.19. The number of likely N-dealkylation sites (tertiary alicyclic amines) is 1. The van der Waals surface area contributed by atoms with E-state index in [0.29, 0.717) is 19.0 Å². The molecule has 0 spiro atoms. The molecular formula is C15H24N2O4. The van der Waals surface area contributed by atoms with E-state index in [1.807, 2.05) is 0 Å². The summed E-state index contributed by atoms with van der Waals surface area (Å²) in [5.41, 5.74) is -0.232. The van der Waals surface area contributed by atoms with E-state index in [-0.39, 0.29) is 17.6 Å². The van der Waals surface area contributed by atoms with Gasteiger partial charge in [0, 0.05) is 20.2 Å². The van der Waals surface area contributed by atoms with E-state index >= 15 is 0 Å². The summed E-state index contributed by atoms with van der Waals surface area (Å²) in [6.45, 7) is 1.05. The zero-order chi connectivity index (χ0) is 15.0. The van der Waals surface area contributed by atoms with Gasteiger partial charge < -0.3 is 20.1 Å². The van der Waals surface area contributed by atoms with Crippen LogP contribution >= 0.6 is 0 Å². The van der Waals surface area contributed by atoms with Gasteiger partial charge in [-0.1, -0.05) is 6.42 Å². The monoisotopic (exact) mass is 296 g/mol. The Labute approximate surface area is 124 Å². The van der Waals surface area contributed by atoms with E-state index < -0.39 is 12.0 Å². The Morgan fingerprint density at radius 2 is 2.10 bits per heavy atom. The Kier molecular flexibility index (Phi) is 3.82. The maximum atomic E-state index is 12.4. The summed E-state index contributed by atoms with van der Waals surface area (Å²) < 4.78 is 5.49. The van der Waals surface area contributed by atoms with Gasteiger partial charge in [-0.15, -0.1) is 0 Å². The van der Waals surface area contributed by atoms with Gasteiger partial charge in [-0.2, -0.15) is 0 Å². The van der Waals surface area contributed by atoms with Crippen molar-refractivity contribution in [2.24, 2.45) is 11.8 Å². The Morgan fingerprint density at radius 3 is 2.67 bits per heavy atom. The second-order valence-electron chi connectivity index (χ2n) is 6.69. The molecule has 3 atom stereocenters. The molecule has 6 heteroatoms. The van der Waals surface area contributed by atoms with E-state index in [9.17, 15) is 14.7 Å². The lowest BCUT2D eigenvalue weighted by Crippen LogP contribution is -2.54. The topological polar surface area (TPSA) is 78.9 Å². The number of fused-ring (bicyclic) bond motifs is 1. The summed E-state index contributed by atoms with van der Waals surface area (Å²) in [7, 11) is 1.67. The third-order valence-corrected chi connectivity index (χ3v) is 5.66. The Hall–Kier alpha value is -1.30. The van der Waals surface area contributed by atoms with Gasteiger partial charge in [-0.05, 0) is 43.9 Å². The summed E-state index contributed by atoms with van der Waals surface area (Å²) >= 11 is 0. The summed E-state index contributed by atoms with van der Waals surface area (Å²) in [6.07, 6.45) is 6.08.